The number of aromatic nitrogens is 3. The van der Waals surface area contributed by atoms with Crippen LogP contribution in [0.5, 0.6) is 0 Å². The largest absolute Gasteiger partial charge is 0.468 e. The van der Waals surface area contributed by atoms with E-state index < -0.39 is 51.0 Å². The number of anilines is 3. The minimum absolute atomic E-state index is 0.00593. The molecule has 3 saturated heterocycles. The van der Waals surface area contributed by atoms with E-state index in [1.807, 2.05) is 48.9 Å². The molecule has 2 atom stereocenters. The van der Waals surface area contributed by atoms with Gasteiger partial charge in [0.15, 0.2) is 17.4 Å². The fourth-order valence-electron chi connectivity index (χ4n) is 7.93. The predicted octanol–water partition coefficient (Wildman–Crippen LogP) is 5.35. The number of piperazine rings is 1. The number of benzene rings is 2. The Balaban J connectivity index is 0.902. The average molecular weight is 821 g/mol. The van der Waals surface area contributed by atoms with Crippen LogP contribution >= 0.6 is 0 Å². The second-order valence-corrected chi connectivity index (χ2v) is 16.9. The van der Waals surface area contributed by atoms with E-state index in [-0.39, 0.29) is 37.0 Å². The number of hydrogen-bond acceptors (Lipinski definition) is 11. The van der Waals surface area contributed by atoms with Crippen LogP contribution in [-0.4, -0.2) is 116 Å². The van der Waals surface area contributed by atoms with Gasteiger partial charge in [-0.25, -0.2) is 18.2 Å². The molecule has 14 nitrogen and oxygen atoms in total. The summed E-state index contributed by atoms with van der Waals surface area (Å²) in [5.41, 5.74) is 1.27. The maximum atomic E-state index is 15.7. The summed E-state index contributed by atoms with van der Waals surface area (Å²) in [6.45, 7) is 8.51. The number of carbonyl (C=O) groups is 2. The van der Waals surface area contributed by atoms with E-state index in [9.17, 15) is 22.4 Å². The first kappa shape index (κ1) is 39.4. The zero-order valence-electron chi connectivity index (χ0n) is 32.1. The van der Waals surface area contributed by atoms with E-state index in [0.717, 1.165) is 72.8 Å². The number of nitrogens with zero attached hydrogens (tertiary/aromatic N) is 6. The number of carbonyl (C=O) groups excluding carboxylic acids is 2. The number of hydrogen-bond donors (Lipinski definition) is 2. The fraction of sp³-hybridized carbons (Fsp3) is 0.400. The number of nitrogens with one attached hydrogen (secondary N) is 2. The van der Waals surface area contributed by atoms with Crippen molar-refractivity contribution >= 4 is 50.2 Å². The molecule has 2 aromatic carbocycles. The average Bonchev–Trinajstić information content (AvgIpc) is 3.96. The van der Waals surface area contributed by atoms with Crippen LogP contribution in [0.4, 0.5) is 30.4 Å². The number of halogens is 3. The van der Waals surface area contributed by atoms with Gasteiger partial charge < -0.3 is 24.0 Å². The number of alkyl halides is 1. The molecular formula is C40H43F3N8O6S. The van der Waals surface area contributed by atoms with E-state index in [0.29, 0.717) is 28.4 Å². The van der Waals surface area contributed by atoms with Gasteiger partial charge in [-0.2, -0.15) is 12.7 Å². The zero-order chi connectivity index (χ0) is 40.9. The van der Waals surface area contributed by atoms with Crippen molar-refractivity contribution in [1.29, 1.82) is 0 Å². The Hall–Kier alpha value is -5.46. The maximum Gasteiger partial charge on any atom is 0.316 e. The molecule has 1 unspecified atom stereocenters. The molecule has 3 aliphatic rings. The molecule has 6 heterocycles. The van der Waals surface area contributed by atoms with Crippen LogP contribution in [0.25, 0.3) is 22.2 Å². The second-order valence-electron chi connectivity index (χ2n) is 15.2. The van der Waals surface area contributed by atoms with Crippen LogP contribution in [0.1, 0.15) is 47.9 Å². The SMILES string of the molecule is COC(=O)C(c1cc(N2CC(N3CCN(c4ccc(-c5cnc6[nH]cc(C(=O)c7c(F)ccc(NS(=O)(=O)N8CC[C@@H](F)C8)c7F)c6c5)cc4)CC3)C2)no1)C(C)C. The number of ketones is 1. The van der Waals surface area contributed by atoms with E-state index >= 15 is 8.78 Å². The van der Waals surface area contributed by atoms with Crippen molar-refractivity contribution in [2.45, 2.75) is 38.4 Å². The van der Waals surface area contributed by atoms with Crippen LogP contribution in [0.3, 0.4) is 0 Å². The quantitative estimate of drug-likeness (QED) is 0.124. The van der Waals surface area contributed by atoms with Crippen molar-refractivity contribution < 1.29 is 40.4 Å². The summed E-state index contributed by atoms with van der Waals surface area (Å²) in [6, 6.07) is 13.6. The van der Waals surface area contributed by atoms with E-state index in [4.69, 9.17) is 9.26 Å². The number of fused-ring (bicyclic) bond motifs is 1. The number of ether oxygens (including phenoxy) is 1. The second kappa shape index (κ2) is 15.7. The summed E-state index contributed by atoms with van der Waals surface area (Å²) in [6.07, 6.45) is 1.61. The Morgan fingerprint density at radius 1 is 0.966 bits per heavy atom. The van der Waals surface area contributed by atoms with Gasteiger partial charge in [0.05, 0.1) is 18.4 Å². The Bertz CT molecular complexity index is 2450. The molecule has 2 N–H and O–H groups in total. The van der Waals surface area contributed by atoms with E-state index in [1.54, 1.807) is 12.3 Å². The number of pyridine rings is 1. The molecule has 0 aliphatic carbocycles. The van der Waals surface area contributed by atoms with Gasteiger partial charge in [0.2, 0.25) is 5.78 Å². The summed E-state index contributed by atoms with van der Waals surface area (Å²) in [5.74, 6) is -3.15. The first-order valence-electron chi connectivity index (χ1n) is 19.1. The molecular weight excluding hydrogens is 778 g/mol. The lowest BCUT2D eigenvalue weighted by molar-refractivity contribution is -0.144. The Morgan fingerprint density at radius 2 is 1.71 bits per heavy atom. The van der Waals surface area contributed by atoms with Gasteiger partial charge in [0.25, 0.3) is 0 Å². The maximum absolute atomic E-state index is 15.7. The van der Waals surface area contributed by atoms with Crippen molar-refractivity contribution in [1.82, 2.24) is 24.3 Å². The number of aromatic amines is 1. The van der Waals surface area contributed by atoms with Gasteiger partial charge in [-0.15, -0.1) is 0 Å². The highest BCUT2D eigenvalue weighted by Gasteiger charge is 2.37. The minimum atomic E-state index is -4.35. The molecule has 0 saturated carbocycles. The van der Waals surface area contributed by atoms with Gasteiger partial charge in [0.1, 0.15) is 23.6 Å². The molecule has 0 spiro atoms. The highest BCUT2D eigenvalue weighted by atomic mass is 32.2. The highest BCUT2D eigenvalue weighted by molar-refractivity contribution is 7.90. The molecule has 3 aliphatic heterocycles. The predicted molar refractivity (Wildman–Crippen MR) is 211 cm³/mol. The normalized spacial score (nSPS) is 18.8. The molecule has 3 fully saturated rings. The summed E-state index contributed by atoms with van der Waals surface area (Å²) in [4.78, 5) is 40.3. The number of methoxy groups -OCH3 is 1. The van der Waals surface area contributed by atoms with Crippen molar-refractivity contribution in [2.24, 2.45) is 5.92 Å². The standard InChI is InChI=1S/C40H43F3N8O6S/c1-23(2)35(40(53)56-3)33-17-34(46-57-33)50-21-28(22-50)49-14-12-48(13-15-49)27-6-4-24(5-7-27)25-16-29-30(19-45-39(29)44-18-25)38(52)36-31(42)8-9-32(37(36)43)47-58(54,55)51-11-10-26(41)20-51/h4-9,16-19,23,26,28,35,47H,10-15,20-22H2,1-3H3,(H,44,45)/t26-,35?/m1/s1. The minimum Gasteiger partial charge on any atom is -0.468 e. The van der Waals surface area contributed by atoms with Crippen LogP contribution in [0.2, 0.25) is 0 Å². The molecule has 0 amide bonds. The lowest BCUT2D eigenvalue weighted by atomic mass is 9.93. The lowest BCUT2D eigenvalue weighted by Crippen LogP contribution is -2.63. The topological polar surface area (TPSA) is 157 Å². The molecule has 306 valence electrons. The lowest BCUT2D eigenvalue weighted by Gasteiger charge is -2.48. The van der Waals surface area contributed by atoms with Gasteiger partial charge in [0, 0.05) is 99.1 Å². The first-order chi connectivity index (χ1) is 27.8. The molecule has 0 radical (unpaired) electrons. The molecule has 0 bridgehead atoms. The third kappa shape index (κ3) is 7.51. The van der Waals surface area contributed by atoms with Gasteiger partial charge in [-0.05, 0) is 48.2 Å². The third-order valence-electron chi connectivity index (χ3n) is 11.3. The van der Waals surface area contributed by atoms with E-state index in [2.05, 4.69) is 29.8 Å². The van der Waals surface area contributed by atoms with Gasteiger partial charge in [-0.1, -0.05) is 31.1 Å². The zero-order valence-corrected chi connectivity index (χ0v) is 32.9. The molecule has 8 rings (SSSR count). The summed E-state index contributed by atoms with van der Waals surface area (Å²) >= 11 is 0. The molecule has 5 aromatic rings. The van der Waals surface area contributed by atoms with Crippen LogP contribution in [0.15, 0.2) is 65.4 Å². The van der Waals surface area contributed by atoms with Crippen LogP contribution in [-0.2, 0) is 19.7 Å². The number of esters is 1. The first-order valence-corrected chi connectivity index (χ1v) is 20.6. The summed E-state index contributed by atoms with van der Waals surface area (Å²) < 4.78 is 83.4. The van der Waals surface area contributed by atoms with Crippen LogP contribution in [0, 0.1) is 17.6 Å². The van der Waals surface area contributed by atoms with Gasteiger partial charge in [-0.3, -0.25) is 19.2 Å². The number of rotatable bonds is 12. The highest BCUT2D eigenvalue weighted by Crippen LogP contribution is 2.33. The monoisotopic (exact) mass is 820 g/mol. The van der Waals surface area contributed by atoms with Gasteiger partial charge >= 0.3 is 16.2 Å². The third-order valence-corrected chi connectivity index (χ3v) is 12.8. The molecule has 18 heteroatoms. The van der Waals surface area contributed by atoms with Crippen molar-refractivity contribution in [3.63, 3.8) is 0 Å². The fourth-order valence-corrected chi connectivity index (χ4v) is 9.20. The Morgan fingerprint density at radius 3 is 2.38 bits per heavy atom. The van der Waals surface area contributed by atoms with Crippen molar-refractivity contribution in [3.8, 4) is 11.1 Å². The molecule has 58 heavy (non-hydrogen) atoms. The summed E-state index contributed by atoms with van der Waals surface area (Å²) in [7, 11) is -2.98. The summed E-state index contributed by atoms with van der Waals surface area (Å²) in [5, 5.41) is 4.56. The Kier molecular flexibility index (Phi) is 10.7. The van der Waals surface area contributed by atoms with E-state index in [1.165, 1.54) is 13.3 Å². The van der Waals surface area contributed by atoms with Crippen molar-refractivity contribution in [2.75, 3.05) is 74.0 Å². The Labute approximate surface area is 333 Å². The number of H-pyrrole nitrogens is 1. The van der Waals surface area contributed by atoms with Crippen molar-refractivity contribution in [3.05, 3.63) is 89.4 Å². The smallest absolute Gasteiger partial charge is 0.316 e. The van der Waals surface area contributed by atoms with Crippen LogP contribution < -0.4 is 14.5 Å². The molecule has 3 aromatic heterocycles.